The van der Waals surface area contributed by atoms with Crippen molar-refractivity contribution in [3.05, 3.63) is 18.3 Å². The van der Waals surface area contributed by atoms with E-state index in [1.807, 2.05) is 62.3 Å². The summed E-state index contributed by atoms with van der Waals surface area (Å²) in [7, 11) is 1.72. The van der Waals surface area contributed by atoms with E-state index in [-0.39, 0.29) is 71.3 Å². The molecule has 0 aromatic carbocycles. The van der Waals surface area contributed by atoms with Crippen LogP contribution in [0.15, 0.2) is 18.3 Å². The van der Waals surface area contributed by atoms with Crippen molar-refractivity contribution in [1.29, 1.82) is 0 Å². The first-order chi connectivity index (χ1) is 25.7. The smallest absolute Gasteiger partial charge is 0.316 e. The Labute approximate surface area is 329 Å². The van der Waals surface area contributed by atoms with Gasteiger partial charge in [0.15, 0.2) is 0 Å². The first kappa shape index (κ1) is 44.3. The zero-order chi connectivity index (χ0) is 40.9. The first-order valence-electron chi connectivity index (χ1n) is 20.3. The predicted octanol–water partition coefficient (Wildman–Crippen LogP) is 3.56. The molecule has 14 heteroatoms. The topological polar surface area (TPSA) is 164 Å². The van der Waals surface area contributed by atoms with Crippen molar-refractivity contribution in [2.45, 2.75) is 126 Å². The van der Waals surface area contributed by atoms with E-state index in [4.69, 9.17) is 4.74 Å². The normalized spacial score (nSPS) is 23.1. The monoisotopic (exact) mass is 766 g/mol. The summed E-state index contributed by atoms with van der Waals surface area (Å²) in [6.45, 7) is 20.8. The van der Waals surface area contributed by atoms with Gasteiger partial charge in [-0.1, -0.05) is 72.3 Å². The minimum absolute atomic E-state index is 0.0374. The summed E-state index contributed by atoms with van der Waals surface area (Å²) < 4.78 is 7.61. The predicted molar refractivity (Wildman–Crippen MR) is 210 cm³/mol. The average Bonchev–Trinajstić information content (AvgIpc) is 3.89. The highest BCUT2D eigenvalue weighted by Gasteiger charge is 2.60. The molecular formula is C41H66BN6O7. The number of carbonyl (C=O) groups excluding carboxylic acids is 5. The van der Waals surface area contributed by atoms with Gasteiger partial charge in [-0.05, 0) is 70.6 Å². The van der Waals surface area contributed by atoms with Crippen molar-refractivity contribution in [2.75, 3.05) is 26.4 Å². The fourth-order valence-corrected chi connectivity index (χ4v) is 8.57. The number of ether oxygens (including phenoxy) is 1. The summed E-state index contributed by atoms with van der Waals surface area (Å²) >= 11 is 0. The molecule has 2 aliphatic carbocycles. The van der Waals surface area contributed by atoms with E-state index in [1.54, 1.807) is 23.1 Å². The van der Waals surface area contributed by atoms with Crippen LogP contribution in [0.25, 0.3) is 0 Å². The molecule has 55 heavy (non-hydrogen) atoms. The van der Waals surface area contributed by atoms with Gasteiger partial charge >= 0.3 is 7.41 Å². The van der Waals surface area contributed by atoms with E-state index >= 15 is 0 Å². The van der Waals surface area contributed by atoms with Crippen molar-refractivity contribution in [2.24, 2.45) is 52.3 Å². The van der Waals surface area contributed by atoms with Crippen LogP contribution in [0.3, 0.4) is 0 Å². The molecule has 4 amide bonds. The second kappa shape index (κ2) is 18.3. The molecule has 2 N–H and O–H groups in total. The number of nitrogens with one attached hydrogen (secondary N) is 1. The highest BCUT2D eigenvalue weighted by Crippen LogP contribution is 2.53. The van der Waals surface area contributed by atoms with E-state index in [2.05, 4.69) is 34.7 Å². The Morgan fingerprint density at radius 1 is 1.04 bits per heavy atom. The first-order valence-corrected chi connectivity index (χ1v) is 20.3. The second-order valence-electron chi connectivity index (χ2n) is 18.7. The Bertz CT molecular complexity index is 1530. The van der Waals surface area contributed by atoms with Crippen LogP contribution in [0.5, 0.6) is 0 Å². The molecule has 1 aromatic rings. The van der Waals surface area contributed by atoms with Crippen molar-refractivity contribution in [3.63, 3.8) is 0 Å². The van der Waals surface area contributed by atoms with Crippen LogP contribution in [0, 0.1) is 52.3 Å². The number of carbonyl (C=O) groups is 5. The third kappa shape index (κ3) is 11.1. The number of likely N-dealkylation sites (tertiary alicyclic amines) is 1. The van der Waals surface area contributed by atoms with Gasteiger partial charge in [-0.15, -0.1) is 5.10 Å². The Morgan fingerprint density at radius 3 is 2.24 bits per heavy atom. The molecule has 1 saturated carbocycles. The molecule has 0 spiro atoms. The molecule has 8 unspecified atom stereocenters. The zero-order valence-corrected chi connectivity index (χ0v) is 34.9. The highest BCUT2D eigenvalue weighted by atomic mass is 16.5. The standard InChI is InChI=1S/C41H66BN6O7/c1-11-28(18-27(4)48-37(53)33-30-13-14-31(19-30)34(33)38(48)54)20-47(36(52)26(3)17-29(12-2)35(51)43-41(9,10)15-16-49)42-32-21-46(45-44-32)22-39(5,6)24-55-25-40(7,8)23-50/h13-14,21,23,26-31,33-34,49H,11-12,15-20,22,24-25H2,1-10H3,(H,43,51). The average molecular weight is 766 g/mol. The summed E-state index contributed by atoms with van der Waals surface area (Å²) in [6, 6.07) is -0.317. The molecule has 4 rings (SSSR count). The number of nitrogens with zero attached hydrogens (tertiary/aromatic N) is 5. The SMILES string of the molecule is CCC(CC(C)N1C(=O)C2C3C=CC(C3)C2C1=O)CN([B]c1cn(CC(C)(C)COCC(C)(C)C=O)nn1)C(=O)C(C)CC(CC)C(=O)NC(C)(C)CCO. The van der Waals surface area contributed by atoms with Gasteiger partial charge in [-0.3, -0.25) is 28.8 Å². The number of aliphatic hydroxyl groups is 1. The fraction of sp³-hybridized carbons (Fsp3) is 0.780. The Balaban J connectivity index is 1.49. The van der Waals surface area contributed by atoms with Crippen LogP contribution in [0.2, 0.25) is 0 Å². The second-order valence-corrected chi connectivity index (χ2v) is 18.7. The minimum Gasteiger partial charge on any atom is -0.396 e. The van der Waals surface area contributed by atoms with Crippen LogP contribution in [-0.4, -0.2) is 105 Å². The van der Waals surface area contributed by atoms with Crippen LogP contribution in [0.4, 0.5) is 0 Å². The Kier molecular flexibility index (Phi) is 14.7. The van der Waals surface area contributed by atoms with Gasteiger partial charge in [0.1, 0.15) is 6.29 Å². The van der Waals surface area contributed by atoms with E-state index in [0.717, 1.165) is 12.7 Å². The molecule has 2 bridgehead atoms. The molecule has 1 aliphatic heterocycles. The Hall–Kier alpha value is -3.39. The number of fused-ring (bicyclic) bond motifs is 5. The number of hydrogen-bond acceptors (Lipinski definition) is 9. The molecular weight excluding hydrogens is 699 g/mol. The lowest BCUT2D eigenvalue weighted by Crippen LogP contribution is -2.49. The molecule has 305 valence electrons. The molecule has 3 aliphatic rings. The molecule has 2 fully saturated rings. The number of aldehydes is 1. The van der Waals surface area contributed by atoms with Gasteiger partial charge in [0.2, 0.25) is 23.6 Å². The third-order valence-corrected chi connectivity index (χ3v) is 11.8. The number of hydrogen-bond donors (Lipinski definition) is 2. The summed E-state index contributed by atoms with van der Waals surface area (Å²) in [5.74, 6) is -1.59. The van der Waals surface area contributed by atoms with Crippen molar-refractivity contribution in [3.8, 4) is 0 Å². The fourth-order valence-electron chi connectivity index (χ4n) is 8.57. The van der Waals surface area contributed by atoms with E-state index in [1.165, 1.54) is 4.90 Å². The third-order valence-electron chi connectivity index (χ3n) is 11.8. The summed E-state index contributed by atoms with van der Waals surface area (Å²) in [5.41, 5.74) is -0.974. The van der Waals surface area contributed by atoms with Gasteiger partial charge in [-0.2, -0.15) is 0 Å². The maximum Gasteiger partial charge on any atom is 0.316 e. The van der Waals surface area contributed by atoms with Crippen LogP contribution in [0.1, 0.15) is 108 Å². The van der Waals surface area contributed by atoms with Crippen molar-refractivity contribution in [1.82, 2.24) is 30.0 Å². The maximum absolute atomic E-state index is 14.4. The lowest BCUT2D eigenvalue weighted by molar-refractivity contribution is -0.144. The number of aromatic nitrogens is 3. The van der Waals surface area contributed by atoms with Gasteiger partial charge in [-0.25, -0.2) is 0 Å². The summed E-state index contributed by atoms with van der Waals surface area (Å²) in [6.07, 6.45) is 10.3. The molecule has 1 saturated heterocycles. The van der Waals surface area contributed by atoms with Crippen molar-refractivity contribution >= 4 is 42.9 Å². The largest absolute Gasteiger partial charge is 0.396 e. The van der Waals surface area contributed by atoms with Crippen LogP contribution < -0.4 is 10.9 Å². The molecule has 8 atom stereocenters. The summed E-state index contributed by atoms with van der Waals surface area (Å²) in [5, 5.41) is 21.3. The van der Waals surface area contributed by atoms with E-state index in [9.17, 15) is 29.1 Å². The Morgan fingerprint density at radius 2 is 1.67 bits per heavy atom. The van der Waals surface area contributed by atoms with Crippen molar-refractivity contribution < 1.29 is 33.8 Å². The molecule has 1 radical (unpaired) electrons. The van der Waals surface area contributed by atoms with E-state index in [0.29, 0.717) is 64.0 Å². The zero-order valence-electron chi connectivity index (χ0n) is 34.9. The summed E-state index contributed by atoms with van der Waals surface area (Å²) in [4.78, 5) is 69.4. The van der Waals surface area contributed by atoms with Gasteiger partial charge in [0, 0.05) is 60.1 Å². The minimum atomic E-state index is -0.581. The maximum atomic E-state index is 14.4. The molecule has 2 heterocycles. The van der Waals surface area contributed by atoms with Gasteiger partial charge < -0.3 is 24.8 Å². The number of imide groups is 1. The molecule has 1 aromatic heterocycles. The quantitative estimate of drug-likeness (QED) is 0.0734. The lowest BCUT2D eigenvalue weighted by Gasteiger charge is -2.33. The van der Waals surface area contributed by atoms with Gasteiger partial charge in [0.05, 0.1) is 30.6 Å². The lowest BCUT2D eigenvalue weighted by atomic mass is 9.81. The number of allylic oxidation sites excluding steroid dienone is 2. The number of rotatable bonds is 23. The van der Waals surface area contributed by atoms with Crippen LogP contribution in [-0.2, 0) is 35.3 Å². The van der Waals surface area contributed by atoms with Crippen LogP contribution >= 0.6 is 0 Å². The van der Waals surface area contributed by atoms with E-state index < -0.39 is 22.8 Å². The molecule has 13 nitrogen and oxygen atoms in total. The number of amides is 4. The van der Waals surface area contributed by atoms with Gasteiger partial charge in [0.25, 0.3) is 0 Å². The number of aliphatic hydroxyl groups excluding tert-OH is 1. The highest BCUT2D eigenvalue weighted by molar-refractivity contribution is 6.52.